The Bertz CT molecular complexity index is 1210. The van der Waals surface area contributed by atoms with Gasteiger partial charge in [0.25, 0.3) is 0 Å². The van der Waals surface area contributed by atoms with E-state index in [1.54, 1.807) is 7.11 Å². The molecular formula is C31H44N6O3. The van der Waals surface area contributed by atoms with E-state index in [4.69, 9.17) is 9.47 Å². The highest BCUT2D eigenvalue weighted by atomic mass is 16.5. The van der Waals surface area contributed by atoms with E-state index < -0.39 is 0 Å². The number of nitrogens with zero attached hydrogens (tertiary/aromatic N) is 6. The van der Waals surface area contributed by atoms with Crippen molar-refractivity contribution in [1.82, 2.24) is 30.0 Å². The van der Waals surface area contributed by atoms with Crippen LogP contribution in [0.25, 0.3) is 11.4 Å². The van der Waals surface area contributed by atoms with Gasteiger partial charge < -0.3 is 9.47 Å². The second-order valence-electron chi connectivity index (χ2n) is 10.7. The number of ether oxygens (including phenoxy) is 2. The molecule has 0 spiro atoms. The molecule has 0 aliphatic carbocycles. The van der Waals surface area contributed by atoms with Gasteiger partial charge in [-0.15, -0.1) is 5.10 Å². The first-order valence-electron chi connectivity index (χ1n) is 14.6. The Morgan fingerprint density at radius 3 is 2.52 bits per heavy atom. The van der Waals surface area contributed by atoms with Gasteiger partial charge in [-0.05, 0) is 80.3 Å². The summed E-state index contributed by atoms with van der Waals surface area (Å²) in [5, 5.41) is 12.4. The minimum Gasteiger partial charge on any atom is -0.497 e. The fourth-order valence-electron chi connectivity index (χ4n) is 5.71. The fraction of sp³-hybridized carbons (Fsp3) is 0.548. The highest BCUT2D eigenvalue weighted by molar-refractivity contribution is 5.69. The van der Waals surface area contributed by atoms with E-state index >= 15 is 0 Å². The van der Waals surface area contributed by atoms with Crippen molar-refractivity contribution < 1.29 is 14.3 Å². The number of carbonyl (C=O) groups excluding carboxylic acids is 1. The summed E-state index contributed by atoms with van der Waals surface area (Å²) in [4.78, 5) is 16.9. The van der Waals surface area contributed by atoms with E-state index in [0.717, 1.165) is 49.6 Å². The molecule has 0 unspecified atom stereocenters. The molecule has 216 valence electrons. The maximum atomic E-state index is 11.6. The molecule has 2 heterocycles. The van der Waals surface area contributed by atoms with Gasteiger partial charge in [0.15, 0.2) is 5.82 Å². The Morgan fingerprint density at radius 1 is 1.00 bits per heavy atom. The Balaban J connectivity index is 1.55. The monoisotopic (exact) mass is 548 g/mol. The number of esters is 1. The zero-order chi connectivity index (χ0) is 28.5. The lowest BCUT2D eigenvalue weighted by Gasteiger charge is -2.47. The molecule has 9 heteroatoms. The molecule has 1 aromatic heterocycles. The molecule has 0 radical (unpaired) electrons. The van der Waals surface area contributed by atoms with Crippen LogP contribution in [0.3, 0.4) is 0 Å². The topological polar surface area (TPSA) is 85.6 Å². The van der Waals surface area contributed by atoms with Crippen molar-refractivity contribution in [3.8, 4) is 17.1 Å². The first-order valence-corrected chi connectivity index (χ1v) is 14.6. The smallest absolute Gasteiger partial charge is 0.305 e. The van der Waals surface area contributed by atoms with Crippen LogP contribution in [0.1, 0.15) is 70.5 Å². The molecule has 0 bridgehead atoms. The normalized spacial score (nSPS) is 18.9. The summed E-state index contributed by atoms with van der Waals surface area (Å²) in [6, 6.07) is 18.1. The molecule has 4 rings (SSSR count). The standard InChI is InChI=1S/C31H44N6O3/c1-6-18-35-21-24(4)36(22-23(35)3)30(27-11-10-12-28(20-27)39-5)25-14-16-26(17-15-25)31-32-33-34-37(31)19-9-8-13-29(38)40-7-2/h10-12,14-17,20,23-24,30H,6-9,13,18-19,21-22H2,1-5H3/t23-,24+,30-/m1/s1. The van der Waals surface area contributed by atoms with Gasteiger partial charge in [-0.3, -0.25) is 14.6 Å². The number of rotatable bonds is 13. The van der Waals surface area contributed by atoms with E-state index in [1.165, 1.54) is 17.5 Å². The molecule has 1 fully saturated rings. The van der Waals surface area contributed by atoms with E-state index in [2.05, 4.69) is 88.6 Å². The number of benzene rings is 2. The van der Waals surface area contributed by atoms with Gasteiger partial charge in [0.2, 0.25) is 0 Å². The summed E-state index contributed by atoms with van der Waals surface area (Å²) in [6.45, 7) is 13.0. The lowest BCUT2D eigenvalue weighted by Crippen LogP contribution is -2.57. The van der Waals surface area contributed by atoms with Crippen LogP contribution < -0.4 is 4.74 Å². The molecule has 1 saturated heterocycles. The quantitative estimate of drug-likeness (QED) is 0.219. The number of piperazine rings is 1. The third-order valence-electron chi connectivity index (χ3n) is 7.74. The molecule has 0 amide bonds. The maximum absolute atomic E-state index is 11.6. The zero-order valence-corrected chi connectivity index (χ0v) is 24.6. The number of tetrazole rings is 1. The molecule has 0 N–H and O–H groups in total. The van der Waals surface area contributed by atoms with Crippen LogP contribution in [0.5, 0.6) is 5.75 Å². The lowest BCUT2D eigenvalue weighted by molar-refractivity contribution is -0.143. The summed E-state index contributed by atoms with van der Waals surface area (Å²) in [5.74, 6) is 1.44. The molecule has 3 aromatic rings. The van der Waals surface area contributed by atoms with Crippen LogP contribution in [0, 0.1) is 0 Å². The predicted octanol–water partition coefficient (Wildman–Crippen LogP) is 4.98. The Hall–Kier alpha value is -3.30. The first kappa shape index (κ1) is 29.7. The summed E-state index contributed by atoms with van der Waals surface area (Å²) < 4.78 is 12.4. The van der Waals surface area contributed by atoms with E-state index in [1.807, 2.05) is 17.7 Å². The second kappa shape index (κ2) is 14.4. The number of unbranched alkanes of at least 4 members (excludes halogenated alkanes) is 1. The maximum Gasteiger partial charge on any atom is 0.305 e. The fourth-order valence-corrected chi connectivity index (χ4v) is 5.71. The minimum atomic E-state index is -0.156. The van der Waals surface area contributed by atoms with Crippen LogP contribution >= 0.6 is 0 Å². The first-order chi connectivity index (χ1) is 19.4. The molecular weight excluding hydrogens is 504 g/mol. The number of aryl methyl sites for hydroxylation is 1. The molecule has 3 atom stereocenters. The van der Waals surface area contributed by atoms with Crippen LogP contribution in [0.2, 0.25) is 0 Å². The van der Waals surface area contributed by atoms with Gasteiger partial charge in [-0.25, -0.2) is 4.68 Å². The SMILES string of the molecule is CCCN1C[C@H](C)N([C@H](c2ccc(-c3nnnn3CCCCC(=O)OCC)cc2)c2cccc(OC)c2)C[C@H]1C. The summed E-state index contributed by atoms with van der Waals surface area (Å²) >= 11 is 0. The Morgan fingerprint density at radius 2 is 1.80 bits per heavy atom. The molecule has 9 nitrogen and oxygen atoms in total. The lowest BCUT2D eigenvalue weighted by atomic mass is 9.92. The minimum absolute atomic E-state index is 0.101. The van der Waals surface area contributed by atoms with Crippen molar-refractivity contribution in [1.29, 1.82) is 0 Å². The largest absolute Gasteiger partial charge is 0.497 e. The van der Waals surface area contributed by atoms with Crippen molar-refractivity contribution in [2.45, 2.75) is 78.0 Å². The van der Waals surface area contributed by atoms with Crippen molar-refractivity contribution >= 4 is 5.97 Å². The number of hydrogen-bond donors (Lipinski definition) is 0. The zero-order valence-electron chi connectivity index (χ0n) is 24.6. The van der Waals surface area contributed by atoms with Crippen LogP contribution in [0.15, 0.2) is 48.5 Å². The van der Waals surface area contributed by atoms with Gasteiger partial charge in [-0.2, -0.15) is 0 Å². The third-order valence-corrected chi connectivity index (χ3v) is 7.74. The predicted molar refractivity (Wildman–Crippen MR) is 156 cm³/mol. The summed E-state index contributed by atoms with van der Waals surface area (Å²) in [6.07, 6.45) is 3.12. The van der Waals surface area contributed by atoms with Gasteiger partial charge in [-0.1, -0.05) is 43.3 Å². The highest BCUT2D eigenvalue weighted by Crippen LogP contribution is 2.35. The second-order valence-corrected chi connectivity index (χ2v) is 10.7. The van der Waals surface area contributed by atoms with Gasteiger partial charge in [0.1, 0.15) is 5.75 Å². The van der Waals surface area contributed by atoms with Gasteiger partial charge in [0, 0.05) is 43.7 Å². The summed E-state index contributed by atoms with van der Waals surface area (Å²) in [5.41, 5.74) is 3.42. The average molecular weight is 549 g/mol. The van der Waals surface area contributed by atoms with Crippen LogP contribution in [-0.4, -0.2) is 81.4 Å². The van der Waals surface area contributed by atoms with Gasteiger partial charge >= 0.3 is 5.97 Å². The molecule has 2 aromatic carbocycles. The number of aromatic nitrogens is 4. The van der Waals surface area contributed by atoms with E-state index in [-0.39, 0.29) is 12.0 Å². The molecule has 1 aliphatic heterocycles. The van der Waals surface area contributed by atoms with E-state index in [0.29, 0.717) is 31.7 Å². The average Bonchev–Trinajstić information content (AvgIpc) is 3.43. The highest BCUT2D eigenvalue weighted by Gasteiger charge is 2.34. The van der Waals surface area contributed by atoms with Crippen molar-refractivity contribution in [2.75, 3.05) is 33.4 Å². The summed E-state index contributed by atoms with van der Waals surface area (Å²) in [7, 11) is 1.72. The molecule has 1 aliphatic rings. The Kier molecular flexibility index (Phi) is 10.7. The molecule has 40 heavy (non-hydrogen) atoms. The van der Waals surface area contributed by atoms with Crippen LogP contribution in [0.4, 0.5) is 0 Å². The van der Waals surface area contributed by atoms with E-state index in [9.17, 15) is 4.79 Å². The van der Waals surface area contributed by atoms with Crippen molar-refractivity contribution in [2.24, 2.45) is 0 Å². The third kappa shape index (κ3) is 7.26. The number of hydrogen-bond acceptors (Lipinski definition) is 8. The number of carbonyl (C=O) groups is 1. The van der Waals surface area contributed by atoms with Crippen molar-refractivity contribution in [3.05, 3.63) is 59.7 Å². The van der Waals surface area contributed by atoms with Crippen molar-refractivity contribution in [3.63, 3.8) is 0 Å². The van der Waals surface area contributed by atoms with Gasteiger partial charge in [0.05, 0.1) is 19.8 Å². The van der Waals surface area contributed by atoms with Crippen LogP contribution in [-0.2, 0) is 16.1 Å². The molecule has 0 saturated carbocycles. The number of methoxy groups -OCH3 is 1. The Labute approximate surface area is 238 Å².